The fourth-order valence-electron chi connectivity index (χ4n) is 3.12. The quantitative estimate of drug-likeness (QED) is 0.847. The van der Waals surface area contributed by atoms with Gasteiger partial charge < -0.3 is 10.6 Å². The van der Waals surface area contributed by atoms with Crippen LogP contribution in [0.15, 0.2) is 24.3 Å². The van der Waals surface area contributed by atoms with Gasteiger partial charge in [0.15, 0.2) is 0 Å². The van der Waals surface area contributed by atoms with Gasteiger partial charge in [-0.2, -0.15) is 0 Å². The lowest BCUT2D eigenvalue weighted by atomic mass is 9.94. The predicted octanol–water partition coefficient (Wildman–Crippen LogP) is 3.59. The molecule has 2 N–H and O–H groups in total. The van der Waals surface area contributed by atoms with Crippen LogP contribution in [0.4, 0.5) is 5.69 Å². The van der Waals surface area contributed by atoms with Crippen molar-refractivity contribution < 1.29 is 0 Å². The molecule has 2 unspecified atom stereocenters. The number of hydrogen-bond donors (Lipinski definition) is 1. The number of unbranched alkanes of at least 4 members (excludes halogenated alkanes) is 1. The molecular formula is C17H28N2. The number of nitrogens with two attached hydrogens (primary N) is 1. The van der Waals surface area contributed by atoms with Gasteiger partial charge in [-0.05, 0) is 30.4 Å². The Morgan fingerprint density at radius 2 is 2.11 bits per heavy atom. The van der Waals surface area contributed by atoms with Crippen LogP contribution in [0.3, 0.4) is 0 Å². The Balaban J connectivity index is 2.07. The van der Waals surface area contributed by atoms with Crippen LogP contribution in [0.25, 0.3) is 0 Å². The molecule has 2 heteroatoms. The van der Waals surface area contributed by atoms with Gasteiger partial charge in [-0.1, -0.05) is 51.3 Å². The Morgan fingerprint density at radius 1 is 1.32 bits per heavy atom. The van der Waals surface area contributed by atoms with Crippen molar-refractivity contribution in [1.82, 2.24) is 0 Å². The summed E-state index contributed by atoms with van der Waals surface area (Å²) in [5.41, 5.74) is 9.05. The van der Waals surface area contributed by atoms with Gasteiger partial charge in [0, 0.05) is 24.8 Å². The van der Waals surface area contributed by atoms with E-state index in [1.165, 1.54) is 43.5 Å². The first-order valence-corrected chi connectivity index (χ1v) is 7.83. The molecule has 0 amide bonds. The third-order valence-electron chi connectivity index (χ3n) is 4.29. The molecule has 2 rings (SSSR count). The third kappa shape index (κ3) is 3.73. The minimum atomic E-state index is 0.290. The van der Waals surface area contributed by atoms with Crippen LogP contribution >= 0.6 is 0 Å². The first kappa shape index (κ1) is 14.4. The molecule has 1 aliphatic rings. The topological polar surface area (TPSA) is 29.3 Å². The number of para-hydroxylation sites is 1. The molecule has 19 heavy (non-hydrogen) atoms. The Hall–Kier alpha value is -1.02. The van der Waals surface area contributed by atoms with Gasteiger partial charge in [0.05, 0.1) is 0 Å². The summed E-state index contributed by atoms with van der Waals surface area (Å²) in [5.74, 6) is 0.804. The van der Waals surface area contributed by atoms with Crippen molar-refractivity contribution in [3.8, 4) is 0 Å². The van der Waals surface area contributed by atoms with E-state index < -0.39 is 0 Å². The number of rotatable bonds is 6. The summed E-state index contributed by atoms with van der Waals surface area (Å²) in [5, 5.41) is 0. The molecule has 0 saturated heterocycles. The van der Waals surface area contributed by atoms with Crippen LogP contribution < -0.4 is 10.6 Å². The van der Waals surface area contributed by atoms with Gasteiger partial charge in [-0.15, -0.1) is 0 Å². The van der Waals surface area contributed by atoms with Crippen LogP contribution in [0.2, 0.25) is 0 Å². The third-order valence-corrected chi connectivity index (χ3v) is 4.29. The summed E-state index contributed by atoms with van der Waals surface area (Å²) in [6.45, 7) is 6.77. The van der Waals surface area contributed by atoms with E-state index in [1.807, 2.05) is 0 Å². The molecule has 2 atom stereocenters. The van der Waals surface area contributed by atoms with Crippen LogP contribution in [-0.4, -0.2) is 19.1 Å². The van der Waals surface area contributed by atoms with E-state index in [0.29, 0.717) is 6.04 Å². The summed E-state index contributed by atoms with van der Waals surface area (Å²) in [6, 6.07) is 9.06. The highest BCUT2D eigenvalue weighted by Gasteiger charge is 2.23. The minimum Gasteiger partial charge on any atom is -0.369 e. The fourth-order valence-corrected chi connectivity index (χ4v) is 3.12. The van der Waals surface area contributed by atoms with E-state index in [0.717, 1.165) is 18.9 Å². The highest BCUT2D eigenvalue weighted by molar-refractivity contribution is 5.56. The zero-order chi connectivity index (χ0) is 13.7. The zero-order valence-electron chi connectivity index (χ0n) is 12.4. The molecule has 1 heterocycles. The van der Waals surface area contributed by atoms with Crippen molar-refractivity contribution in [2.45, 2.75) is 52.0 Å². The van der Waals surface area contributed by atoms with Crippen LogP contribution in [-0.2, 0) is 6.42 Å². The second-order valence-electron chi connectivity index (χ2n) is 5.91. The monoisotopic (exact) mass is 260 g/mol. The van der Waals surface area contributed by atoms with Crippen LogP contribution in [0.1, 0.15) is 45.1 Å². The van der Waals surface area contributed by atoms with E-state index in [9.17, 15) is 0 Å². The lowest BCUT2D eigenvalue weighted by Gasteiger charge is -2.37. The minimum absolute atomic E-state index is 0.290. The van der Waals surface area contributed by atoms with Crippen LogP contribution in [0, 0.1) is 5.92 Å². The SMILES string of the molecule is CCCCC(CC)CN1CC(N)Cc2ccccc21. The fraction of sp³-hybridized carbons (Fsp3) is 0.647. The molecule has 1 aromatic carbocycles. The average molecular weight is 260 g/mol. The summed E-state index contributed by atoms with van der Waals surface area (Å²) in [7, 11) is 0. The molecule has 0 fully saturated rings. The van der Waals surface area contributed by atoms with Crippen molar-refractivity contribution >= 4 is 5.69 Å². The summed E-state index contributed by atoms with van der Waals surface area (Å²) in [6.07, 6.45) is 6.29. The number of anilines is 1. The second kappa shape index (κ2) is 6.95. The van der Waals surface area contributed by atoms with Gasteiger partial charge in [0.25, 0.3) is 0 Å². The van der Waals surface area contributed by atoms with Gasteiger partial charge in [-0.25, -0.2) is 0 Å². The van der Waals surface area contributed by atoms with Crippen molar-refractivity contribution in [2.24, 2.45) is 11.7 Å². The van der Waals surface area contributed by atoms with Crippen molar-refractivity contribution in [3.63, 3.8) is 0 Å². The molecule has 0 saturated carbocycles. The van der Waals surface area contributed by atoms with Gasteiger partial charge in [0.1, 0.15) is 0 Å². The van der Waals surface area contributed by atoms with Gasteiger partial charge in [0.2, 0.25) is 0 Å². The van der Waals surface area contributed by atoms with Gasteiger partial charge in [-0.3, -0.25) is 0 Å². The Morgan fingerprint density at radius 3 is 2.84 bits per heavy atom. The molecule has 0 bridgehead atoms. The molecule has 0 aliphatic carbocycles. The molecule has 1 aromatic rings. The summed E-state index contributed by atoms with van der Waals surface area (Å²) in [4.78, 5) is 2.52. The highest BCUT2D eigenvalue weighted by Crippen LogP contribution is 2.28. The molecule has 0 spiro atoms. The molecule has 106 valence electrons. The number of benzene rings is 1. The predicted molar refractivity (Wildman–Crippen MR) is 83.6 cm³/mol. The van der Waals surface area contributed by atoms with Crippen LogP contribution in [0.5, 0.6) is 0 Å². The van der Waals surface area contributed by atoms with Crippen molar-refractivity contribution in [2.75, 3.05) is 18.0 Å². The first-order valence-electron chi connectivity index (χ1n) is 7.83. The normalized spacial score (nSPS) is 20.2. The zero-order valence-corrected chi connectivity index (χ0v) is 12.4. The lowest BCUT2D eigenvalue weighted by Crippen LogP contribution is -2.45. The highest BCUT2D eigenvalue weighted by atomic mass is 15.2. The largest absolute Gasteiger partial charge is 0.369 e. The number of fused-ring (bicyclic) bond motifs is 1. The molecule has 1 aliphatic heterocycles. The standard InChI is InChI=1S/C17H28N2/c1-3-5-8-14(4-2)12-19-13-16(18)11-15-9-6-7-10-17(15)19/h6-7,9-10,14,16H,3-5,8,11-13,18H2,1-2H3. The Labute approximate surface area is 118 Å². The van der Waals surface area contributed by atoms with Gasteiger partial charge >= 0.3 is 0 Å². The first-order chi connectivity index (χ1) is 9.24. The second-order valence-corrected chi connectivity index (χ2v) is 5.91. The molecule has 2 nitrogen and oxygen atoms in total. The Bertz CT molecular complexity index is 389. The number of hydrogen-bond acceptors (Lipinski definition) is 2. The smallest absolute Gasteiger partial charge is 0.0399 e. The van der Waals surface area contributed by atoms with Crippen molar-refractivity contribution in [1.29, 1.82) is 0 Å². The van der Waals surface area contributed by atoms with Crippen molar-refractivity contribution in [3.05, 3.63) is 29.8 Å². The Kier molecular flexibility index (Phi) is 5.26. The lowest BCUT2D eigenvalue weighted by molar-refractivity contribution is 0.434. The average Bonchev–Trinajstić information content (AvgIpc) is 2.43. The summed E-state index contributed by atoms with van der Waals surface area (Å²) < 4.78 is 0. The van der Waals surface area contributed by atoms with E-state index in [2.05, 4.69) is 43.0 Å². The van der Waals surface area contributed by atoms with E-state index in [4.69, 9.17) is 5.73 Å². The maximum atomic E-state index is 6.22. The molecular weight excluding hydrogens is 232 g/mol. The van der Waals surface area contributed by atoms with E-state index in [-0.39, 0.29) is 0 Å². The van der Waals surface area contributed by atoms with E-state index in [1.54, 1.807) is 0 Å². The maximum Gasteiger partial charge on any atom is 0.0399 e. The summed E-state index contributed by atoms with van der Waals surface area (Å²) >= 11 is 0. The van der Waals surface area contributed by atoms with E-state index >= 15 is 0 Å². The number of nitrogens with zero attached hydrogens (tertiary/aromatic N) is 1. The maximum absolute atomic E-state index is 6.22. The molecule has 0 radical (unpaired) electrons. The molecule has 0 aromatic heterocycles.